The maximum absolute atomic E-state index is 12.9. The van der Waals surface area contributed by atoms with Crippen LogP contribution in [0.1, 0.15) is 67.4 Å². The first-order chi connectivity index (χ1) is 10.9. The lowest BCUT2D eigenvalue weighted by Gasteiger charge is -2.23. The predicted octanol–water partition coefficient (Wildman–Crippen LogP) is 2.78. The highest BCUT2D eigenvalue weighted by atomic mass is 16.2. The fourth-order valence-electron chi connectivity index (χ4n) is 2.94. The fraction of sp³-hybridized carbons (Fsp3) is 0.529. The maximum atomic E-state index is 12.9. The van der Waals surface area contributed by atoms with E-state index in [0.29, 0.717) is 5.69 Å². The number of H-pyrrole nitrogens is 1. The van der Waals surface area contributed by atoms with Crippen LogP contribution in [-0.2, 0) is 5.41 Å². The summed E-state index contributed by atoms with van der Waals surface area (Å²) >= 11 is 0. The lowest BCUT2D eigenvalue weighted by atomic mass is 9.92. The molecule has 0 aliphatic carbocycles. The number of carbonyl (C=O) groups is 1. The van der Waals surface area contributed by atoms with Crippen molar-refractivity contribution in [1.82, 2.24) is 25.1 Å². The minimum absolute atomic E-state index is 0.0130. The monoisotopic (exact) mass is 313 g/mol. The topological polar surface area (TPSA) is 74.8 Å². The molecular formula is C17H23N5O. The Morgan fingerprint density at radius 1 is 1.39 bits per heavy atom. The van der Waals surface area contributed by atoms with Gasteiger partial charge in [0.2, 0.25) is 0 Å². The van der Waals surface area contributed by atoms with Crippen molar-refractivity contribution in [1.29, 1.82) is 0 Å². The average Bonchev–Trinajstić information content (AvgIpc) is 3.15. The molecule has 0 unspecified atom stereocenters. The second kappa shape index (κ2) is 5.76. The van der Waals surface area contributed by atoms with Crippen molar-refractivity contribution in [2.75, 3.05) is 6.54 Å². The standard InChI is InChI=1S/C17H23N5O/c1-11-18-8-7-12(19-11)14-6-5-9-22(14)16(23)13-10-15(21-20-13)17(2,3)4/h7-8,10,14H,5-6,9H2,1-4H3,(H,20,21)/t14-/m0/s1. The van der Waals surface area contributed by atoms with Crippen molar-refractivity contribution in [3.05, 3.63) is 41.2 Å². The van der Waals surface area contributed by atoms with E-state index in [9.17, 15) is 4.79 Å². The second-order valence-electron chi connectivity index (χ2n) is 7.10. The number of aromatic amines is 1. The van der Waals surface area contributed by atoms with E-state index in [1.165, 1.54) is 0 Å². The number of aromatic nitrogens is 4. The third kappa shape index (κ3) is 3.11. The molecule has 0 aromatic carbocycles. The number of hydrogen-bond acceptors (Lipinski definition) is 4. The van der Waals surface area contributed by atoms with E-state index in [0.717, 1.165) is 36.6 Å². The van der Waals surface area contributed by atoms with Crippen molar-refractivity contribution in [3.8, 4) is 0 Å². The van der Waals surface area contributed by atoms with E-state index >= 15 is 0 Å². The van der Waals surface area contributed by atoms with E-state index in [4.69, 9.17) is 0 Å². The van der Waals surface area contributed by atoms with Crippen LogP contribution in [0.3, 0.4) is 0 Å². The second-order valence-corrected chi connectivity index (χ2v) is 7.10. The van der Waals surface area contributed by atoms with E-state index in [1.807, 2.05) is 24.0 Å². The largest absolute Gasteiger partial charge is 0.329 e. The number of amides is 1. The Labute approximate surface area is 136 Å². The van der Waals surface area contributed by atoms with Gasteiger partial charge in [0.25, 0.3) is 5.91 Å². The van der Waals surface area contributed by atoms with Crippen LogP contribution in [0.15, 0.2) is 18.3 Å². The quantitative estimate of drug-likeness (QED) is 0.925. The van der Waals surface area contributed by atoms with Crippen LogP contribution in [0.25, 0.3) is 0 Å². The van der Waals surface area contributed by atoms with E-state index in [-0.39, 0.29) is 17.4 Å². The Kier molecular flexibility index (Phi) is 3.92. The smallest absolute Gasteiger partial charge is 0.274 e. The summed E-state index contributed by atoms with van der Waals surface area (Å²) in [6.07, 6.45) is 3.67. The molecule has 1 aliphatic heterocycles. The summed E-state index contributed by atoms with van der Waals surface area (Å²) in [4.78, 5) is 23.4. The highest BCUT2D eigenvalue weighted by Crippen LogP contribution is 2.32. The zero-order valence-electron chi connectivity index (χ0n) is 14.1. The summed E-state index contributed by atoms with van der Waals surface area (Å²) in [7, 11) is 0. The molecule has 122 valence electrons. The normalized spacial score (nSPS) is 18.4. The van der Waals surface area contributed by atoms with Crippen molar-refractivity contribution >= 4 is 5.91 Å². The van der Waals surface area contributed by atoms with Gasteiger partial charge in [-0.1, -0.05) is 20.8 Å². The van der Waals surface area contributed by atoms with Crippen molar-refractivity contribution in [2.24, 2.45) is 0 Å². The number of rotatable bonds is 2. The number of carbonyl (C=O) groups excluding carboxylic acids is 1. The highest BCUT2D eigenvalue weighted by molar-refractivity contribution is 5.92. The maximum Gasteiger partial charge on any atom is 0.274 e. The minimum atomic E-state index is -0.0558. The van der Waals surface area contributed by atoms with Crippen molar-refractivity contribution in [3.63, 3.8) is 0 Å². The number of aryl methyl sites for hydroxylation is 1. The number of likely N-dealkylation sites (tertiary alicyclic amines) is 1. The van der Waals surface area contributed by atoms with Gasteiger partial charge in [-0.2, -0.15) is 5.10 Å². The minimum Gasteiger partial charge on any atom is -0.329 e. The van der Waals surface area contributed by atoms with Crippen LogP contribution in [0.4, 0.5) is 0 Å². The number of nitrogens with one attached hydrogen (secondary N) is 1. The van der Waals surface area contributed by atoms with Crippen molar-refractivity contribution in [2.45, 2.75) is 52.0 Å². The molecule has 2 aromatic heterocycles. The lowest BCUT2D eigenvalue weighted by molar-refractivity contribution is 0.0726. The molecule has 6 heteroatoms. The zero-order valence-corrected chi connectivity index (χ0v) is 14.1. The van der Waals surface area contributed by atoms with Gasteiger partial charge in [-0.05, 0) is 31.9 Å². The van der Waals surface area contributed by atoms with Crippen LogP contribution < -0.4 is 0 Å². The van der Waals surface area contributed by atoms with Gasteiger partial charge >= 0.3 is 0 Å². The summed E-state index contributed by atoms with van der Waals surface area (Å²) in [6, 6.07) is 3.77. The zero-order chi connectivity index (χ0) is 16.6. The van der Waals surface area contributed by atoms with Crippen LogP contribution in [-0.4, -0.2) is 37.5 Å². The van der Waals surface area contributed by atoms with Gasteiger partial charge in [0, 0.05) is 23.9 Å². The first kappa shape index (κ1) is 15.6. The molecule has 0 saturated carbocycles. The van der Waals surface area contributed by atoms with Crippen LogP contribution in [0, 0.1) is 6.92 Å². The first-order valence-corrected chi connectivity index (χ1v) is 8.02. The summed E-state index contributed by atoms with van der Waals surface area (Å²) < 4.78 is 0. The van der Waals surface area contributed by atoms with Crippen LogP contribution in [0.5, 0.6) is 0 Å². The Morgan fingerprint density at radius 2 is 2.17 bits per heavy atom. The third-order valence-corrected chi connectivity index (χ3v) is 4.26. The SMILES string of the molecule is Cc1nccc([C@@H]2CCCN2C(=O)c2cc(C(C)(C)C)[nH]n2)n1. The molecule has 1 saturated heterocycles. The summed E-state index contributed by atoms with van der Waals surface area (Å²) in [6.45, 7) is 8.89. The van der Waals surface area contributed by atoms with Crippen LogP contribution >= 0.6 is 0 Å². The Morgan fingerprint density at radius 3 is 2.83 bits per heavy atom. The number of hydrogen-bond donors (Lipinski definition) is 1. The molecule has 1 fully saturated rings. The van der Waals surface area contributed by atoms with E-state index in [1.54, 1.807) is 6.20 Å². The van der Waals surface area contributed by atoms with Gasteiger partial charge in [-0.15, -0.1) is 0 Å². The molecule has 0 radical (unpaired) electrons. The molecule has 3 heterocycles. The van der Waals surface area contributed by atoms with E-state index < -0.39 is 0 Å². The molecule has 1 atom stereocenters. The first-order valence-electron chi connectivity index (χ1n) is 8.02. The van der Waals surface area contributed by atoms with Gasteiger partial charge in [0.1, 0.15) is 11.5 Å². The van der Waals surface area contributed by atoms with Gasteiger partial charge in [0.15, 0.2) is 0 Å². The molecule has 23 heavy (non-hydrogen) atoms. The van der Waals surface area contributed by atoms with Gasteiger partial charge in [0.05, 0.1) is 11.7 Å². The average molecular weight is 313 g/mol. The molecule has 1 aliphatic rings. The number of nitrogens with zero attached hydrogens (tertiary/aromatic N) is 4. The van der Waals surface area contributed by atoms with Gasteiger partial charge in [-0.25, -0.2) is 9.97 Å². The molecule has 1 amide bonds. The Balaban J connectivity index is 1.85. The molecular weight excluding hydrogens is 290 g/mol. The molecule has 3 rings (SSSR count). The van der Waals surface area contributed by atoms with E-state index in [2.05, 4.69) is 40.9 Å². The molecule has 0 spiro atoms. The molecule has 2 aromatic rings. The highest BCUT2D eigenvalue weighted by Gasteiger charge is 2.33. The Hall–Kier alpha value is -2.24. The molecule has 1 N–H and O–H groups in total. The van der Waals surface area contributed by atoms with Gasteiger partial charge < -0.3 is 4.90 Å². The van der Waals surface area contributed by atoms with Crippen molar-refractivity contribution < 1.29 is 4.79 Å². The predicted molar refractivity (Wildman–Crippen MR) is 87.1 cm³/mol. The summed E-state index contributed by atoms with van der Waals surface area (Å²) in [5.74, 6) is 0.701. The summed E-state index contributed by atoms with van der Waals surface area (Å²) in [5.41, 5.74) is 2.30. The lowest BCUT2D eigenvalue weighted by Crippen LogP contribution is -2.31. The Bertz CT molecular complexity index is 716. The van der Waals surface area contributed by atoms with Crippen LogP contribution in [0.2, 0.25) is 0 Å². The van der Waals surface area contributed by atoms with Gasteiger partial charge in [-0.3, -0.25) is 9.89 Å². The third-order valence-electron chi connectivity index (χ3n) is 4.26. The summed E-state index contributed by atoms with van der Waals surface area (Å²) in [5, 5.41) is 7.21. The fourth-order valence-corrected chi connectivity index (χ4v) is 2.94. The molecule has 0 bridgehead atoms. The molecule has 6 nitrogen and oxygen atoms in total.